The van der Waals surface area contributed by atoms with Crippen LogP contribution >= 0.6 is 15.9 Å². The predicted molar refractivity (Wildman–Crippen MR) is 61.3 cm³/mol. The Kier molecular flexibility index (Phi) is 4.75. The van der Waals surface area contributed by atoms with Gasteiger partial charge >= 0.3 is 0 Å². The van der Waals surface area contributed by atoms with E-state index in [9.17, 15) is 9.18 Å². The number of amides is 1. The Hall–Kier alpha value is -0.900. The van der Waals surface area contributed by atoms with Gasteiger partial charge in [0.15, 0.2) is 0 Å². The van der Waals surface area contributed by atoms with E-state index in [1.807, 2.05) is 6.92 Å². The molecular weight excluding hydrogens is 261 g/mol. The Morgan fingerprint density at radius 1 is 1.53 bits per heavy atom. The molecule has 1 rings (SSSR count). The Labute approximate surface area is 97.0 Å². The molecule has 4 heteroatoms. The fourth-order valence-electron chi connectivity index (χ4n) is 1.15. The lowest BCUT2D eigenvalue weighted by atomic mass is 10.2. The topological polar surface area (TPSA) is 29.1 Å². The van der Waals surface area contributed by atoms with E-state index >= 15 is 0 Å². The maximum Gasteiger partial charge on any atom is 0.254 e. The fraction of sp³-hybridized carbons (Fsp3) is 0.364. The van der Waals surface area contributed by atoms with Gasteiger partial charge in [0, 0.05) is 11.0 Å². The summed E-state index contributed by atoms with van der Waals surface area (Å²) in [7, 11) is 0. The van der Waals surface area contributed by atoms with Gasteiger partial charge in [-0.15, -0.1) is 0 Å². The summed E-state index contributed by atoms with van der Waals surface area (Å²) in [6.45, 7) is 2.62. The maximum absolute atomic E-state index is 13.3. The van der Waals surface area contributed by atoms with Gasteiger partial charge in [0.25, 0.3) is 5.91 Å². The molecule has 0 saturated heterocycles. The van der Waals surface area contributed by atoms with Crippen molar-refractivity contribution in [2.24, 2.45) is 0 Å². The molecule has 0 heterocycles. The van der Waals surface area contributed by atoms with E-state index in [0.29, 0.717) is 11.0 Å². The third-order valence-electron chi connectivity index (χ3n) is 1.99. The van der Waals surface area contributed by atoms with Crippen molar-refractivity contribution in [2.45, 2.75) is 19.8 Å². The third kappa shape index (κ3) is 3.63. The lowest BCUT2D eigenvalue weighted by Crippen LogP contribution is -2.25. The number of nitrogens with one attached hydrogen (secondary N) is 1. The largest absolute Gasteiger partial charge is 0.352 e. The Morgan fingerprint density at radius 3 is 2.87 bits per heavy atom. The predicted octanol–water partition coefficient (Wildman–Crippen LogP) is 3.12. The number of benzene rings is 1. The molecule has 0 unspecified atom stereocenters. The molecule has 2 nitrogen and oxygen atoms in total. The van der Waals surface area contributed by atoms with Crippen LogP contribution in [0.25, 0.3) is 0 Å². The van der Waals surface area contributed by atoms with Gasteiger partial charge < -0.3 is 5.32 Å². The zero-order chi connectivity index (χ0) is 11.3. The number of hydrogen-bond donors (Lipinski definition) is 1. The molecule has 0 aliphatic carbocycles. The van der Waals surface area contributed by atoms with Gasteiger partial charge in [-0.05, 0) is 24.6 Å². The average Bonchev–Trinajstić information content (AvgIpc) is 2.17. The summed E-state index contributed by atoms with van der Waals surface area (Å²) in [5.41, 5.74) is 0.0919. The molecule has 1 N–H and O–H groups in total. The van der Waals surface area contributed by atoms with Gasteiger partial charge in [-0.25, -0.2) is 4.39 Å². The maximum atomic E-state index is 13.3. The minimum Gasteiger partial charge on any atom is -0.352 e. The lowest BCUT2D eigenvalue weighted by molar-refractivity contribution is 0.0949. The van der Waals surface area contributed by atoms with Crippen molar-refractivity contribution in [3.63, 3.8) is 0 Å². The highest BCUT2D eigenvalue weighted by atomic mass is 79.9. The van der Waals surface area contributed by atoms with Gasteiger partial charge in [0.1, 0.15) is 5.82 Å². The third-order valence-corrected chi connectivity index (χ3v) is 2.48. The SMILES string of the molecule is CCCCNC(=O)c1ccc(Br)cc1F. The quantitative estimate of drug-likeness (QED) is 0.840. The second-order valence-electron chi connectivity index (χ2n) is 3.23. The second-order valence-corrected chi connectivity index (χ2v) is 4.15. The van der Waals surface area contributed by atoms with Gasteiger partial charge in [0.05, 0.1) is 5.56 Å². The summed E-state index contributed by atoms with van der Waals surface area (Å²) in [6.07, 6.45) is 1.91. The molecule has 0 aromatic heterocycles. The van der Waals surface area contributed by atoms with Crippen LogP contribution in [0, 0.1) is 5.82 Å². The second kappa shape index (κ2) is 5.85. The van der Waals surface area contributed by atoms with Crippen LogP contribution in [0.5, 0.6) is 0 Å². The Balaban J connectivity index is 2.65. The van der Waals surface area contributed by atoms with Crippen LogP contribution in [0.1, 0.15) is 30.1 Å². The molecule has 0 aliphatic heterocycles. The van der Waals surface area contributed by atoms with Crippen molar-refractivity contribution < 1.29 is 9.18 Å². The minimum atomic E-state index is -0.502. The van der Waals surface area contributed by atoms with Gasteiger partial charge in [-0.2, -0.15) is 0 Å². The Morgan fingerprint density at radius 2 is 2.27 bits per heavy atom. The normalized spacial score (nSPS) is 10.1. The summed E-state index contributed by atoms with van der Waals surface area (Å²) in [4.78, 5) is 11.5. The minimum absolute atomic E-state index is 0.0919. The van der Waals surface area contributed by atoms with Crippen LogP contribution in [-0.2, 0) is 0 Å². The fourth-order valence-corrected chi connectivity index (χ4v) is 1.48. The zero-order valence-electron chi connectivity index (χ0n) is 8.52. The zero-order valence-corrected chi connectivity index (χ0v) is 10.1. The molecule has 1 amide bonds. The smallest absolute Gasteiger partial charge is 0.254 e. The van der Waals surface area contributed by atoms with E-state index < -0.39 is 5.82 Å². The summed E-state index contributed by atoms with van der Waals surface area (Å²) >= 11 is 3.14. The van der Waals surface area contributed by atoms with Crippen LogP contribution < -0.4 is 5.32 Å². The number of carbonyl (C=O) groups excluding carboxylic acids is 1. The first-order valence-corrected chi connectivity index (χ1v) is 5.67. The standard InChI is InChI=1S/C11H13BrFNO/c1-2-3-6-14-11(15)9-5-4-8(12)7-10(9)13/h4-5,7H,2-3,6H2,1H3,(H,14,15). The average molecular weight is 274 g/mol. The van der Waals surface area contributed by atoms with Gasteiger partial charge in [0.2, 0.25) is 0 Å². The molecule has 0 spiro atoms. The van der Waals surface area contributed by atoms with E-state index in [1.54, 1.807) is 6.07 Å². The van der Waals surface area contributed by atoms with E-state index in [0.717, 1.165) is 12.8 Å². The molecule has 0 bridgehead atoms. The van der Waals surface area contributed by atoms with Gasteiger partial charge in [-0.1, -0.05) is 29.3 Å². The molecule has 0 fully saturated rings. The van der Waals surface area contributed by atoms with Gasteiger partial charge in [-0.3, -0.25) is 4.79 Å². The summed E-state index contributed by atoms with van der Waals surface area (Å²) in [5, 5.41) is 2.67. The summed E-state index contributed by atoms with van der Waals surface area (Å²) in [6, 6.07) is 4.41. The van der Waals surface area contributed by atoms with Crippen molar-refractivity contribution in [1.29, 1.82) is 0 Å². The van der Waals surface area contributed by atoms with Crippen molar-refractivity contribution in [3.8, 4) is 0 Å². The van der Waals surface area contributed by atoms with Crippen molar-refractivity contribution >= 4 is 21.8 Å². The van der Waals surface area contributed by atoms with Crippen molar-refractivity contribution in [3.05, 3.63) is 34.1 Å². The highest BCUT2D eigenvalue weighted by Crippen LogP contribution is 2.15. The molecule has 1 aromatic carbocycles. The molecule has 0 saturated carbocycles. The molecule has 0 radical (unpaired) electrons. The van der Waals surface area contributed by atoms with E-state index in [2.05, 4.69) is 21.2 Å². The van der Waals surface area contributed by atoms with Crippen LogP contribution in [0.2, 0.25) is 0 Å². The van der Waals surface area contributed by atoms with Crippen LogP contribution in [-0.4, -0.2) is 12.5 Å². The van der Waals surface area contributed by atoms with Crippen LogP contribution in [0.3, 0.4) is 0 Å². The molecule has 1 aromatic rings. The highest BCUT2D eigenvalue weighted by Gasteiger charge is 2.10. The molecule has 0 aliphatic rings. The molecular formula is C11H13BrFNO. The number of halogens is 2. The lowest BCUT2D eigenvalue weighted by Gasteiger charge is -2.05. The molecule has 15 heavy (non-hydrogen) atoms. The van der Waals surface area contributed by atoms with Crippen LogP contribution in [0.4, 0.5) is 4.39 Å². The summed E-state index contributed by atoms with van der Waals surface area (Å²) < 4.78 is 13.9. The van der Waals surface area contributed by atoms with E-state index in [4.69, 9.17) is 0 Å². The number of unbranched alkanes of at least 4 members (excludes halogenated alkanes) is 1. The summed E-state index contributed by atoms with van der Waals surface area (Å²) in [5.74, 6) is -0.855. The molecule has 82 valence electrons. The van der Waals surface area contributed by atoms with E-state index in [1.165, 1.54) is 12.1 Å². The number of carbonyl (C=O) groups is 1. The first-order valence-electron chi connectivity index (χ1n) is 4.88. The number of hydrogen-bond acceptors (Lipinski definition) is 1. The number of rotatable bonds is 4. The van der Waals surface area contributed by atoms with E-state index in [-0.39, 0.29) is 11.5 Å². The first-order chi connectivity index (χ1) is 7.15. The first kappa shape index (κ1) is 12.2. The van der Waals surface area contributed by atoms with Crippen molar-refractivity contribution in [1.82, 2.24) is 5.32 Å². The monoisotopic (exact) mass is 273 g/mol. The van der Waals surface area contributed by atoms with Crippen molar-refractivity contribution in [2.75, 3.05) is 6.54 Å². The van der Waals surface area contributed by atoms with Crippen LogP contribution in [0.15, 0.2) is 22.7 Å². The highest BCUT2D eigenvalue weighted by molar-refractivity contribution is 9.10. The Bertz CT molecular complexity index is 354. The molecule has 0 atom stereocenters.